The fraction of sp³-hybridized carbons (Fsp3) is 0.778. The van der Waals surface area contributed by atoms with Gasteiger partial charge >= 0.3 is 11.9 Å². The Bertz CT molecular complexity index is 227. The van der Waals surface area contributed by atoms with Crippen LogP contribution >= 0.6 is 0 Å². The van der Waals surface area contributed by atoms with Crippen LogP contribution in [0.2, 0.25) is 0 Å². The van der Waals surface area contributed by atoms with E-state index in [1.165, 1.54) is 7.11 Å². The minimum Gasteiger partial charge on any atom is -0.462 e. The zero-order valence-electron chi connectivity index (χ0n) is 8.91. The number of nitrogens with one attached hydrogen (secondary N) is 2. The molecule has 1 amide bonds. The summed E-state index contributed by atoms with van der Waals surface area (Å²) in [5.41, 5.74) is 0. The van der Waals surface area contributed by atoms with E-state index in [2.05, 4.69) is 20.3 Å². The van der Waals surface area contributed by atoms with Crippen molar-refractivity contribution in [1.82, 2.24) is 15.5 Å². The van der Waals surface area contributed by atoms with Gasteiger partial charge in [0.05, 0.1) is 7.11 Å². The van der Waals surface area contributed by atoms with Crippen molar-refractivity contribution in [3.63, 3.8) is 0 Å². The summed E-state index contributed by atoms with van der Waals surface area (Å²) in [5.74, 6) is -1.51. The van der Waals surface area contributed by atoms with Crippen LogP contribution < -0.4 is 10.6 Å². The predicted molar refractivity (Wildman–Crippen MR) is 54.3 cm³/mol. The summed E-state index contributed by atoms with van der Waals surface area (Å²) in [6, 6.07) is 0. The first kappa shape index (κ1) is 11.9. The Morgan fingerprint density at radius 2 is 2.07 bits per heavy atom. The molecular weight excluding hydrogens is 198 g/mol. The second kappa shape index (κ2) is 6.36. The van der Waals surface area contributed by atoms with Crippen LogP contribution in [0.3, 0.4) is 0 Å². The average Bonchev–Trinajstić information content (AvgIpc) is 2.29. The summed E-state index contributed by atoms with van der Waals surface area (Å²) >= 11 is 0. The van der Waals surface area contributed by atoms with E-state index in [1.54, 1.807) is 0 Å². The van der Waals surface area contributed by atoms with Crippen LogP contribution in [0.25, 0.3) is 0 Å². The molecule has 1 heterocycles. The molecule has 0 atom stereocenters. The topological polar surface area (TPSA) is 70.7 Å². The summed E-state index contributed by atoms with van der Waals surface area (Å²) in [7, 11) is 1.19. The summed E-state index contributed by atoms with van der Waals surface area (Å²) in [4.78, 5) is 24.0. The van der Waals surface area contributed by atoms with Gasteiger partial charge in [-0.15, -0.1) is 0 Å². The van der Waals surface area contributed by atoms with Crippen LogP contribution in [0.15, 0.2) is 0 Å². The van der Waals surface area contributed by atoms with Gasteiger partial charge in [-0.05, 0) is 0 Å². The molecule has 86 valence electrons. The second-order valence-electron chi connectivity index (χ2n) is 3.34. The van der Waals surface area contributed by atoms with Crippen molar-refractivity contribution >= 4 is 11.9 Å². The van der Waals surface area contributed by atoms with Gasteiger partial charge in [0.25, 0.3) is 0 Å². The molecule has 15 heavy (non-hydrogen) atoms. The Morgan fingerprint density at radius 1 is 1.40 bits per heavy atom. The van der Waals surface area contributed by atoms with E-state index in [1.807, 2.05) is 0 Å². The zero-order valence-corrected chi connectivity index (χ0v) is 8.91. The molecule has 0 bridgehead atoms. The fourth-order valence-corrected chi connectivity index (χ4v) is 1.43. The van der Waals surface area contributed by atoms with E-state index in [-0.39, 0.29) is 0 Å². The number of rotatable bonds is 3. The highest BCUT2D eigenvalue weighted by Gasteiger charge is 2.14. The van der Waals surface area contributed by atoms with Crippen LogP contribution in [0.5, 0.6) is 0 Å². The molecule has 1 aliphatic rings. The molecule has 1 aliphatic heterocycles. The lowest BCUT2D eigenvalue weighted by Crippen LogP contribution is -2.46. The number of hydrogen-bond acceptors (Lipinski definition) is 5. The van der Waals surface area contributed by atoms with Crippen LogP contribution in [-0.2, 0) is 14.3 Å². The molecule has 0 aromatic heterocycles. The average molecular weight is 215 g/mol. The molecule has 1 rings (SSSR count). The SMILES string of the molecule is COC(=O)C(=O)NCCN1CCNCC1. The third-order valence-electron chi connectivity index (χ3n) is 2.29. The lowest BCUT2D eigenvalue weighted by molar-refractivity contribution is -0.152. The summed E-state index contributed by atoms with van der Waals surface area (Å²) < 4.78 is 4.28. The number of hydrogen-bond donors (Lipinski definition) is 2. The molecule has 0 aromatic rings. The van der Waals surface area contributed by atoms with Gasteiger partial charge in [-0.25, -0.2) is 4.79 Å². The van der Waals surface area contributed by atoms with E-state index >= 15 is 0 Å². The highest BCUT2D eigenvalue weighted by atomic mass is 16.5. The predicted octanol–water partition coefficient (Wildman–Crippen LogP) is -1.82. The van der Waals surface area contributed by atoms with Gasteiger partial charge in [-0.3, -0.25) is 9.69 Å². The largest absolute Gasteiger partial charge is 0.462 e. The highest BCUT2D eigenvalue weighted by Crippen LogP contribution is 1.89. The molecule has 0 radical (unpaired) electrons. The van der Waals surface area contributed by atoms with Crippen molar-refractivity contribution in [2.75, 3.05) is 46.4 Å². The Kier molecular flexibility index (Phi) is 5.06. The first-order valence-corrected chi connectivity index (χ1v) is 5.03. The van der Waals surface area contributed by atoms with Crippen LogP contribution in [0, 0.1) is 0 Å². The smallest absolute Gasteiger partial charge is 0.396 e. The highest BCUT2D eigenvalue weighted by molar-refractivity contribution is 6.32. The Morgan fingerprint density at radius 3 is 2.67 bits per heavy atom. The molecule has 2 N–H and O–H groups in total. The van der Waals surface area contributed by atoms with Crippen LogP contribution in [0.4, 0.5) is 0 Å². The van der Waals surface area contributed by atoms with Crippen molar-refractivity contribution in [2.24, 2.45) is 0 Å². The van der Waals surface area contributed by atoms with E-state index in [9.17, 15) is 9.59 Å². The molecule has 0 aliphatic carbocycles. The molecule has 6 heteroatoms. The maximum absolute atomic E-state index is 11.0. The molecule has 6 nitrogen and oxygen atoms in total. The molecular formula is C9H17N3O3. The number of amides is 1. The van der Waals surface area contributed by atoms with Crippen molar-refractivity contribution in [1.29, 1.82) is 0 Å². The standard InChI is InChI=1S/C9H17N3O3/c1-15-9(14)8(13)11-4-7-12-5-2-10-3-6-12/h10H,2-7H2,1H3,(H,11,13). The first-order valence-electron chi connectivity index (χ1n) is 5.03. The van der Waals surface area contributed by atoms with Gasteiger partial charge in [0.2, 0.25) is 0 Å². The van der Waals surface area contributed by atoms with Gasteiger partial charge in [0.1, 0.15) is 0 Å². The minimum absolute atomic E-state index is 0.480. The summed E-state index contributed by atoms with van der Waals surface area (Å²) in [5, 5.41) is 5.74. The molecule has 0 spiro atoms. The number of carbonyl (C=O) groups is 2. The zero-order chi connectivity index (χ0) is 11.1. The lowest BCUT2D eigenvalue weighted by atomic mass is 10.3. The van der Waals surface area contributed by atoms with Gasteiger partial charge in [0.15, 0.2) is 0 Å². The maximum Gasteiger partial charge on any atom is 0.396 e. The Hall–Kier alpha value is -1.14. The molecule has 0 aromatic carbocycles. The third-order valence-corrected chi connectivity index (χ3v) is 2.29. The quantitative estimate of drug-likeness (QED) is 0.428. The van der Waals surface area contributed by atoms with E-state index in [4.69, 9.17) is 0 Å². The molecule has 0 saturated carbocycles. The van der Waals surface area contributed by atoms with Gasteiger partial charge < -0.3 is 15.4 Å². The Balaban J connectivity index is 2.09. The van der Waals surface area contributed by atoms with Crippen molar-refractivity contribution in [3.05, 3.63) is 0 Å². The first-order chi connectivity index (χ1) is 7.24. The number of piperazine rings is 1. The molecule has 0 unspecified atom stereocenters. The number of methoxy groups -OCH3 is 1. The van der Waals surface area contributed by atoms with Crippen molar-refractivity contribution in [3.8, 4) is 0 Å². The number of nitrogens with zero attached hydrogens (tertiary/aromatic N) is 1. The van der Waals surface area contributed by atoms with Gasteiger partial charge in [-0.2, -0.15) is 0 Å². The number of esters is 1. The monoisotopic (exact) mass is 215 g/mol. The van der Waals surface area contributed by atoms with Gasteiger partial charge in [-0.1, -0.05) is 0 Å². The number of carbonyl (C=O) groups excluding carboxylic acids is 2. The molecule has 1 fully saturated rings. The maximum atomic E-state index is 11.0. The third kappa shape index (κ3) is 4.26. The van der Waals surface area contributed by atoms with Crippen molar-refractivity contribution in [2.45, 2.75) is 0 Å². The molecule has 1 saturated heterocycles. The van der Waals surface area contributed by atoms with E-state index in [0.29, 0.717) is 6.54 Å². The summed E-state index contributed by atoms with van der Waals surface area (Å²) in [6.45, 7) is 5.16. The Labute approximate surface area is 88.9 Å². The summed E-state index contributed by atoms with van der Waals surface area (Å²) in [6.07, 6.45) is 0. The van der Waals surface area contributed by atoms with Gasteiger partial charge in [0, 0.05) is 39.3 Å². The van der Waals surface area contributed by atoms with Crippen LogP contribution in [0.1, 0.15) is 0 Å². The van der Waals surface area contributed by atoms with E-state index in [0.717, 1.165) is 32.7 Å². The lowest BCUT2D eigenvalue weighted by Gasteiger charge is -2.26. The fourth-order valence-electron chi connectivity index (χ4n) is 1.43. The second-order valence-corrected chi connectivity index (χ2v) is 3.34. The van der Waals surface area contributed by atoms with Crippen molar-refractivity contribution < 1.29 is 14.3 Å². The number of ether oxygens (including phenoxy) is 1. The normalized spacial score (nSPS) is 17.1. The minimum atomic E-state index is -0.838. The van der Waals surface area contributed by atoms with Crippen LogP contribution in [-0.4, -0.2) is 63.2 Å². The van der Waals surface area contributed by atoms with E-state index < -0.39 is 11.9 Å².